The molecule has 0 aliphatic rings. The van der Waals surface area contributed by atoms with Gasteiger partial charge in [0, 0.05) is 10.5 Å². The van der Waals surface area contributed by atoms with E-state index in [1.54, 1.807) is 12.1 Å². The van der Waals surface area contributed by atoms with Gasteiger partial charge in [-0.2, -0.15) is 0 Å². The van der Waals surface area contributed by atoms with Gasteiger partial charge in [-0.25, -0.2) is 0 Å². The third kappa shape index (κ3) is 2.42. The molecule has 2 aromatic rings. The minimum absolute atomic E-state index is 0.196. The van der Waals surface area contributed by atoms with E-state index in [-0.39, 0.29) is 10.6 Å². The average Bonchev–Trinajstić information content (AvgIpc) is 2.27. The number of hydrogen-bond donors (Lipinski definition) is 0. The zero-order valence-electron chi connectivity index (χ0n) is 8.72. The van der Waals surface area contributed by atoms with Crippen molar-refractivity contribution in [2.45, 2.75) is 0 Å². The first kappa shape index (κ1) is 11.5. The fourth-order valence-electron chi connectivity index (χ4n) is 1.63. The summed E-state index contributed by atoms with van der Waals surface area (Å²) in [6.45, 7) is -0.738. The minimum Gasteiger partial charge on any atom is -0.287 e. The van der Waals surface area contributed by atoms with Gasteiger partial charge in [0.15, 0.2) is 0 Å². The maximum atomic E-state index is 11.6. The van der Waals surface area contributed by atoms with Crippen LogP contribution in [-0.2, 0) is 0 Å². The highest BCUT2D eigenvalue weighted by Gasteiger charge is 2.16. The summed E-state index contributed by atoms with van der Waals surface area (Å²) in [4.78, 5) is 21.2. The van der Waals surface area contributed by atoms with E-state index in [4.69, 9.17) is 11.6 Å². The largest absolute Gasteiger partial charge is 0.287 e. The van der Waals surface area contributed by atoms with Crippen molar-refractivity contribution < 1.29 is 9.72 Å². The topological polar surface area (TPSA) is 60.2 Å². The second-order valence-electron chi connectivity index (χ2n) is 3.59. The van der Waals surface area contributed by atoms with Crippen molar-refractivity contribution in [3.63, 3.8) is 0 Å². The summed E-state index contributed by atoms with van der Waals surface area (Å²) in [5.74, 6) is -0.578. The molecule has 4 nitrogen and oxygen atoms in total. The Morgan fingerprint density at radius 1 is 1.24 bits per heavy atom. The number of carbonyl (C=O) groups is 1. The van der Waals surface area contributed by atoms with Crippen LogP contribution in [-0.4, -0.2) is 17.3 Å². The van der Waals surface area contributed by atoms with Gasteiger partial charge in [-0.05, 0) is 22.9 Å². The fourth-order valence-corrected chi connectivity index (χ4v) is 1.91. The van der Waals surface area contributed by atoms with Gasteiger partial charge in [0.2, 0.25) is 5.78 Å². The van der Waals surface area contributed by atoms with Gasteiger partial charge >= 0.3 is 0 Å². The lowest BCUT2D eigenvalue weighted by atomic mass is 10.0. The van der Waals surface area contributed by atoms with Gasteiger partial charge in [0.05, 0.1) is 5.02 Å². The maximum Gasteiger partial charge on any atom is 0.265 e. The average molecular weight is 250 g/mol. The van der Waals surface area contributed by atoms with Crippen LogP contribution < -0.4 is 0 Å². The van der Waals surface area contributed by atoms with E-state index >= 15 is 0 Å². The van der Waals surface area contributed by atoms with Crippen molar-refractivity contribution >= 4 is 28.2 Å². The number of halogens is 1. The number of hydrogen-bond acceptors (Lipinski definition) is 3. The van der Waals surface area contributed by atoms with Crippen LogP contribution in [0.4, 0.5) is 0 Å². The lowest BCUT2D eigenvalue weighted by Crippen LogP contribution is -2.14. The standard InChI is InChI=1S/C12H8ClNO3/c13-11-6-9-4-2-1-3-8(9)5-10(11)12(15)7-14(16)17/h1-6H,7H2. The molecular weight excluding hydrogens is 242 g/mol. The molecule has 0 amide bonds. The molecule has 0 fully saturated rings. The molecule has 0 saturated carbocycles. The van der Waals surface area contributed by atoms with Crippen LogP contribution in [0, 0.1) is 10.1 Å². The van der Waals surface area contributed by atoms with Gasteiger partial charge < -0.3 is 0 Å². The lowest BCUT2D eigenvalue weighted by Gasteiger charge is -2.03. The Labute approximate surface area is 102 Å². The number of carbonyl (C=O) groups excluding carboxylic acids is 1. The zero-order valence-corrected chi connectivity index (χ0v) is 9.48. The molecule has 0 N–H and O–H groups in total. The SMILES string of the molecule is O=C(C[N+](=O)[O-])c1cc2ccccc2cc1Cl. The molecule has 0 aromatic heterocycles. The van der Waals surface area contributed by atoms with Crippen LogP contribution in [0.2, 0.25) is 5.02 Å². The van der Waals surface area contributed by atoms with E-state index in [0.717, 1.165) is 10.8 Å². The number of benzene rings is 2. The summed E-state index contributed by atoms with van der Waals surface area (Å²) in [5.41, 5.74) is 0.196. The van der Waals surface area contributed by atoms with Crippen LogP contribution in [0.5, 0.6) is 0 Å². The van der Waals surface area contributed by atoms with Crippen molar-refractivity contribution in [2.24, 2.45) is 0 Å². The molecule has 0 saturated heterocycles. The smallest absolute Gasteiger partial charge is 0.265 e. The fraction of sp³-hybridized carbons (Fsp3) is 0.0833. The Hall–Kier alpha value is -1.94. The second kappa shape index (κ2) is 4.51. The first-order chi connectivity index (χ1) is 8.08. The Balaban J connectivity index is 2.50. The monoisotopic (exact) mass is 249 g/mol. The predicted molar refractivity (Wildman–Crippen MR) is 65.1 cm³/mol. The number of rotatable bonds is 3. The van der Waals surface area contributed by atoms with Crippen molar-refractivity contribution in [3.8, 4) is 0 Å². The van der Waals surface area contributed by atoms with Crippen molar-refractivity contribution in [2.75, 3.05) is 6.54 Å². The van der Waals surface area contributed by atoms with E-state index in [0.29, 0.717) is 0 Å². The van der Waals surface area contributed by atoms with E-state index in [1.165, 1.54) is 0 Å². The Bertz CT molecular complexity index is 610. The third-order valence-corrected chi connectivity index (χ3v) is 2.72. The van der Waals surface area contributed by atoms with Crippen LogP contribution >= 0.6 is 11.6 Å². The molecule has 5 heteroatoms. The normalized spacial score (nSPS) is 10.4. The van der Waals surface area contributed by atoms with Gasteiger partial charge in [0.1, 0.15) is 0 Å². The molecule has 86 valence electrons. The molecule has 0 bridgehead atoms. The summed E-state index contributed by atoms with van der Waals surface area (Å²) in [6, 6.07) is 10.6. The van der Waals surface area contributed by atoms with Gasteiger partial charge in [-0.3, -0.25) is 14.9 Å². The summed E-state index contributed by atoms with van der Waals surface area (Å²) < 4.78 is 0. The first-order valence-electron chi connectivity index (χ1n) is 4.91. The van der Waals surface area contributed by atoms with Gasteiger partial charge in [0.25, 0.3) is 6.54 Å². The number of Topliss-reactive ketones (excluding diaryl/α,β-unsaturated/α-hetero) is 1. The van der Waals surface area contributed by atoms with E-state index in [2.05, 4.69) is 0 Å². The van der Waals surface area contributed by atoms with Crippen LogP contribution in [0.1, 0.15) is 10.4 Å². The molecule has 0 spiro atoms. The first-order valence-corrected chi connectivity index (χ1v) is 5.29. The summed E-state index contributed by atoms with van der Waals surface area (Å²) in [5, 5.41) is 12.3. The lowest BCUT2D eigenvalue weighted by molar-refractivity contribution is -0.465. The van der Waals surface area contributed by atoms with Crippen LogP contribution in [0.15, 0.2) is 36.4 Å². The van der Waals surface area contributed by atoms with Crippen LogP contribution in [0.3, 0.4) is 0 Å². The number of ketones is 1. The van der Waals surface area contributed by atoms with E-state index in [9.17, 15) is 14.9 Å². The van der Waals surface area contributed by atoms with Crippen molar-refractivity contribution in [1.82, 2.24) is 0 Å². The highest BCUT2D eigenvalue weighted by Crippen LogP contribution is 2.24. The van der Waals surface area contributed by atoms with Crippen LogP contribution in [0.25, 0.3) is 10.8 Å². The number of nitrogens with zero attached hydrogens (tertiary/aromatic N) is 1. The van der Waals surface area contributed by atoms with E-state index < -0.39 is 17.3 Å². The molecule has 0 heterocycles. The van der Waals surface area contributed by atoms with Gasteiger partial charge in [-0.1, -0.05) is 35.9 Å². The summed E-state index contributed by atoms with van der Waals surface area (Å²) in [6.07, 6.45) is 0. The molecular formula is C12H8ClNO3. The third-order valence-electron chi connectivity index (χ3n) is 2.41. The molecule has 17 heavy (non-hydrogen) atoms. The minimum atomic E-state index is -0.738. The zero-order chi connectivity index (χ0) is 12.4. The Morgan fingerprint density at radius 2 is 1.82 bits per heavy atom. The molecule has 2 rings (SSSR count). The quantitative estimate of drug-likeness (QED) is 0.477. The Morgan fingerprint density at radius 3 is 2.41 bits per heavy atom. The predicted octanol–water partition coefficient (Wildman–Crippen LogP) is 2.95. The van der Waals surface area contributed by atoms with E-state index in [1.807, 2.05) is 24.3 Å². The molecule has 0 aliphatic heterocycles. The maximum absolute atomic E-state index is 11.6. The molecule has 0 atom stereocenters. The number of fused-ring (bicyclic) bond motifs is 1. The highest BCUT2D eigenvalue weighted by molar-refractivity contribution is 6.35. The van der Waals surface area contributed by atoms with Crippen molar-refractivity contribution in [1.29, 1.82) is 0 Å². The highest BCUT2D eigenvalue weighted by atomic mass is 35.5. The molecule has 2 aromatic carbocycles. The molecule has 0 unspecified atom stereocenters. The van der Waals surface area contributed by atoms with Gasteiger partial charge in [-0.15, -0.1) is 0 Å². The summed E-state index contributed by atoms with van der Waals surface area (Å²) in [7, 11) is 0. The Kier molecular flexibility index (Phi) is 3.06. The number of nitro groups is 1. The summed E-state index contributed by atoms with van der Waals surface area (Å²) >= 11 is 5.94. The second-order valence-corrected chi connectivity index (χ2v) is 4.00. The van der Waals surface area contributed by atoms with Crippen molar-refractivity contribution in [3.05, 3.63) is 57.1 Å². The molecule has 0 radical (unpaired) electrons. The molecule has 0 aliphatic carbocycles.